The summed E-state index contributed by atoms with van der Waals surface area (Å²) in [6.07, 6.45) is 3.26. The Labute approximate surface area is 113 Å². The second-order valence-corrected chi connectivity index (χ2v) is 4.48. The van der Waals surface area contributed by atoms with Crippen molar-refractivity contribution in [3.8, 4) is 0 Å². The highest BCUT2D eigenvalue weighted by Gasteiger charge is 2.16. The van der Waals surface area contributed by atoms with Crippen LogP contribution in [-0.2, 0) is 6.42 Å². The molecule has 19 heavy (non-hydrogen) atoms. The van der Waals surface area contributed by atoms with Crippen LogP contribution in [0, 0.1) is 17.5 Å². The van der Waals surface area contributed by atoms with Crippen molar-refractivity contribution < 1.29 is 13.2 Å². The van der Waals surface area contributed by atoms with Crippen molar-refractivity contribution >= 4 is 11.6 Å². The molecule has 0 saturated heterocycles. The van der Waals surface area contributed by atoms with E-state index >= 15 is 0 Å². The minimum atomic E-state index is -1.50. The molecule has 2 nitrogen and oxygen atoms in total. The van der Waals surface area contributed by atoms with E-state index in [-0.39, 0.29) is 12.0 Å². The molecule has 2 N–H and O–H groups in total. The molecule has 1 atom stereocenters. The van der Waals surface area contributed by atoms with E-state index in [0.29, 0.717) is 10.6 Å². The summed E-state index contributed by atoms with van der Waals surface area (Å²) in [6, 6.07) is 2.75. The lowest BCUT2D eigenvalue weighted by Crippen LogP contribution is -2.15. The van der Waals surface area contributed by atoms with Gasteiger partial charge in [-0.15, -0.1) is 0 Å². The van der Waals surface area contributed by atoms with Crippen molar-refractivity contribution in [3.63, 3.8) is 0 Å². The van der Waals surface area contributed by atoms with Crippen LogP contribution in [0.1, 0.15) is 17.2 Å². The van der Waals surface area contributed by atoms with Crippen molar-refractivity contribution in [1.29, 1.82) is 0 Å². The van der Waals surface area contributed by atoms with E-state index in [1.807, 2.05) is 0 Å². The molecule has 1 aromatic carbocycles. The molecule has 0 fully saturated rings. The van der Waals surface area contributed by atoms with Crippen LogP contribution in [0.4, 0.5) is 13.2 Å². The molecule has 0 aliphatic rings. The lowest BCUT2D eigenvalue weighted by atomic mass is 10.00. The van der Waals surface area contributed by atoms with Gasteiger partial charge in [0.25, 0.3) is 0 Å². The van der Waals surface area contributed by atoms with E-state index in [1.54, 1.807) is 12.3 Å². The molecule has 0 radical (unpaired) electrons. The van der Waals surface area contributed by atoms with Crippen LogP contribution in [0.3, 0.4) is 0 Å². The lowest BCUT2D eigenvalue weighted by Gasteiger charge is -2.13. The minimum absolute atomic E-state index is 0.171. The maximum Gasteiger partial charge on any atom is 0.194 e. The number of pyridine rings is 1. The zero-order valence-corrected chi connectivity index (χ0v) is 10.5. The van der Waals surface area contributed by atoms with Gasteiger partial charge in [0.1, 0.15) is 0 Å². The number of benzene rings is 1. The maximum absolute atomic E-state index is 13.1. The van der Waals surface area contributed by atoms with E-state index in [4.69, 9.17) is 17.3 Å². The summed E-state index contributed by atoms with van der Waals surface area (Å²) < 4.78 is 39.1. The second-order valence-electron chi connectivity index (χ2n) is 4.08. The number of nitrogens with zero attached hydrogens (tertiary/aromatic N) is 1. The fourth-order valence-electron chi connectivity index (χ4n) is 1.71. The number of hydrogen-bond donors (Lipinski definition) is 1. The van der Waals surface area contributed by atoms with Crippen LogP contribution in [0.15, 0.2) is 30.6 Å². The predicted molar refractivity (Wildman–Crippen MR) is 66.2 cm³/mol. The Hall–Kier alpha value is -1.59. The molecule has 0 bridgehead atoms. The minimum Gasteiger partial charge on any atom is -0.324 e. The van der Waals surface area contributed by atoms with E-state index in [1.165, 1.54) is 6.20 Å². The first-order valence-corrected chi connectivity index (χ1v) is 5.85. The summed E-state index contributed by atoms with van der Waals surface area (Å²) in [5.41, 5.74) is 6.72. The van der Waals surface area contributed by atoms with Gasteiger partial charge < -0.3 is 5.73 Å². The zero-order chi connectivity index (χ0) is 14.0. The first-order chi connectivity index (χ1) is 8.99. The average molecular weight is 287 g/mol. The normalized spacial score (nSPS) is 12.5. The fraction of sp³-hybridized carbons (Fsp3) is 0.154. The smallest absolute Gasteiger partial charge is 0.194 e. The molecule has 0 saturated carbocycles. The number of aromatic nitrogens is 1. The third kappa shape index (κ3) is 3.05. The summed E-state index contributed by atoms with van der Waals surface area (Å²) in [5.74, 6) is -4.02. The van der Waals surface area contributed by atoms with Gasteiger partial charge in [-0.1, -0.05) is 11.6 Å². The predicted octanol–water partition coefficient (Wildman–Crippen LogP) is 3.39. The van der Waals surface area contributed by atoms with Gasteiger partial charge in [0.05, 0.1) is 5.02 Å². The molecule has 1 unspecified atom stereocenters. The van der Waals surface area contributed by atoms with Gasteiger partial charge in [0.15, 0.2) is 17.5 Å². The zero-order valence-electron chi connectivity index (χ0n) is 9.71. The third-order valence-electron chi connectivity index (χ3n) is 2.73. The third-order valence-corrected chi connectivity index (χ3v) is 3.07. The van der Waals surface area contributed by atoms with E-state index < -0.39 is 23.5 Å². The molecule has 1 heterocycles. The first kappa shape index (κ1) is 13.8. The van der Waals surface area contributed by atoms with Crippen molar-refractivity contribution in [2.75, 3.05) is 0 Å². The van der Waals surface area contributed by atoms with Gasteiger partial charge in [-0.25, -0.2) is 13.2 Å². The maximum atomic E-state index is 13.1. The Balaban J connectivity index is 2.26. The van der Waals surface area contributed by atoms with Gasteiger partial charge in [-0.05, 0) is 35.7 Å². The van der Waals surface area contributed by atoms with Gasteiger partial charge in [0, 0.05) is 18.4 Å². The molecule has 1 aromatic heterocycles. The van der Waals surface area contributed by atoms with Crippen LogP contribution in [0.2, 0.25) is 5.02 Å². The summed E-state index contributed by atoms with van der Waals surface area (Å²) in [6.45, 7) is 0. The summed E-state index contributed by atoms with van der Waals surface area (Å²) in [4.78, 5) is 3.82. The van der Waals surface area contributed by atoms with Crippen molar-refractivity contribution in [2.45, 2.75) is 12.5 Å². The van der Waals surface area contributed by atoms with E-state index in [9.17, 15) is 13.2 Å². The molecule has 0 aliphatic carbocycles. The Kier molecular flexibility index (Phi) is 4.07. The van der Waals surface area contributed by atoms with Crippen LogP contribution >= 0.6 is 11.6 Å². The van der Waals surface area contributed by atoms with Crippen LogP contribution in [0.5, 0.6) is 0 Å². The fourth-order valence-corrected chi connectivity index (χ4v) is 1.91. The molecule has 2 aromatic rings. The summed E-state index contributed by atoms with van der Waals surface area (Å²) >= 11 is 5.92. The SMILES string of the molecule is NC(Cc1ccncc1Cl)c1cc(F)c(F)c(F)c1. The van der Waals surface area contributed by atoms with Gasteiger partial charge in [-0.3, -0.25) is 4.98 Å². The van der Waals surface area contributed by atoms with Gasteiger partial charge in [-0.2, -0.15) is 0 Å². The van der Waals surface area contributed by atoms with E-state index in [0.717, 1.165) is 12.1 Å². The van der Waals surface area contributed by atoms with Gasteiger partial charge in [0.2, 0.25) is 0 Å². The van der Waals surface area contributed by atoms with Crippen molar-refractivity contribution in [3.05, 3.63) is 64.2 Å². The van der Waals surface area contributed by atoms with Crippen LogP contribution in [-0.4, -0.2) is 4.98 Å². The molecular formula is C13H10ClF3N2. The second kappa shape index (κ2) is 5.59. The van der Waals surface area contributed by atoms with Crippen LogP contribution < -0.4 is 5.73 Å². The topological polar surface area (TPSA) is 38.9 Å². The lowest BCUT2D eigenvalue weighted by molar-refractivity contribution is 0.443. The van der Waals surface area contributed by atoms with E-state index in [2.05, 4.69) is 4.98 Å². The van der Waals surface area contributed by atoms with Crippen molar-refractivity contribution in [2.24, 2.45) is 5.73 Å². The number of halogens is 4. The monoisotopic (exact) mass is 286 g/mol. The number of nitrogens with two attached hydrogens (primary N) is 1. The molecule has 100 valence electrons. The molecule has 2 rings (SSSR count). The number of rotatable bonds is 3. The highest BCUT2D eigenvalue weighted by atomic mass is 35.5. The highest BCUT2D eigenvalue weighted by molar-refractivity contribution is 6.31. The first-order valence-electron chi connectivity index (χ1n) is 5.47. The standard InChI is InChI=1S/C13H10ClF3N2/c14-9-6-19-2-1-7(9)5-12(18)8-3-10(15)13(17)11(16)4-8/h1-4,6,12H,5,18H2. The van der Waals surface area contributed by atoms with Crippen molar-refractivity contribution in [1.82, 2.24) is 4.98 Å². The molecule has 6 heteroatoms. The largest absolute Gasteiger partial charge is 0.324 e. The highest BCUT2D eigenvalue weighted by Crippen LogP contribution is 2.23. The Morgan fingerprint density at radius 1 is 1.21 bits per heavy atom. The molecule has 0 amide bonds. The molecule has 0 spiro atoms. The molecule has 0 aliphatic heterocycles. The summed E-state index contributed by atoms with van der Waals surface area (Å²) in [5, 5.41) is 0.418. The average Bonchev–Trinajstić information content (AvgIpc) is 2.38. The Morgan fingerprint density at radius 3 is 2.42 bits per heavy atom. The number of hydrogen-bond acceptors (Lipinski definition) is 2. The Morgan fingerprint density at radius 2 is 1.84 bits per heavy atom. The molecular weight excluding hydrogens is 277 g/mol. The summed E-state index contributed by atoms with van der Waals surface area (Å²) in [7, 11) is 0. The Bertz CT molecular complexity index is 581. The van der Waals surface area contributed by atoms with Gasteiger partial charge >= 0.3 is 0 Å². The van der Waals surface area contributed by atoms with Crippen LogP contribution in [0.25, 0.3) is 0 Å². The quantitative estimate of drug-likeness (QED) is 0.879.